The minimum absolute atomic E-state index is 0.152. The van der Waals surface area contributed by atoms with Crippen molar-refractivity contribution in [2.75, 3.05) is 13.6 Å². The average Bonchev–Trinajstić information content (AvgIpc) is 2.02. The first kappa shape index (κ1) is 12.4. The minimum Gasteiger partial charge on any atom is -0.354 e. The maximum Gasteiger partial charge on any atom is 0.220 e. The molecule has 0 spiro atoms. The number of nitrogens with one attached hydrogen (secondary N) is 3. The van der Waals surface area contributed by atoms with Crippen LogP contribution in [0.15, 0.2) is 0 Å². The number of hydrogen-bond donors (Lipinski definition) is 3. The molecule has 1 amide bonds. The predicted octanol–water partition coefficient (Wildman–Crippen LogP) is 0.405. The summed E-state index contributed by atoms with van der Waals surface area (Å²) in [4.78, 5) is 11.1. The summed E-state index contributed by atoms with van der Waals surface area (Å²) in [5.41, 5.74) is 5.82. The van der Waals surface area contributed by atoms with Gasteiger partial charge in [0, 0.05) is 19.0 Å². The molecule has 0 saturated carbocycles. The van der Waals surface area contributed by atoms with Crippen LogP contribution in [0.25, 0.3) is 0 Å². The summed E-state index contributed by atoms with van der Waals surface area (Å²) in [6.45, 7) is 4.85. The summed E-state index contributed by atoms with van der Waals surface area (Å²) in [5.74, 6) is 0.152. The van der Waals surface area contributed by atoms with Crippen molar-refractivity contribution >= 4 is 5.91 Å². The lowest BCUT2D eigenvalue weighted by Gasteiger charge is -2.07. The molecule has 0 aromatic rings. The van der Waals surface area contributed by atoms with Crippen LogP contribution in [0.3, 0.4) is 0 Å². The van der Waals surface area contributed by atoms with Gasteiger partial charge in [0.15, 0.2) is 0 Å². The molecule has 4 nitrogen and oxygen atoms in total. The van der Waals surface area contributed by atoms with E-state index in [0.29, 0.717) is 6.42 Å². The Balaban J connectivity index is 3.17. The van der Waals surface area contributed by atoms with Crippen molar-refractivity contribution in [1.82, 2.24) is 16.2 Å². The molecule has 0 aliphatic heterocycles. The minimum atomic E-state index is 0.152. The van der Waals surface area contributed by atoms with E-state index in [4.69, 9.17) is 0 Å². The lowest BCUT2D eigenvalue weighted by molar-refractivity contribution is -0.121. The number of amides is 1. The summed E-state index contributed by atoms with van der Waals surface area (Å²) >= 11 is 0. The smallest absolute Gasteiger partial charge is 0.220 e. The molecular formula is C9H21N3O. The standard InChI is InChI=1S/C9H21N3O/c1-8(2)12-9(13)6-4-5-7-11-10-3/h8,10-11H,4-7H2,1-3H3,(H,12,13). The second-order valence-electron chi connectivity index (χ2n) is 3.36. The van der Waals surface area contributed by atoms with E-state index in [1.807, 2.05) is 20.9 Å². The van der Waals surface area contributed by atoms with Gasteiger partial charge in [0.1, 0.15) is 0 Å². The van der Waals surface area contributed by atoms with E-state index in [1.54, 1.807) is 0 Å². The highest BCUT2D eigenvalue weighted by Gasteiger charge is 2.01. The summed E-state index contributed by atoms with van der Waals surface area (Å²) < 4.78 is 0. The monoisotopic (exact) mass is 187 g/mol. The summed E-state index contributed by atoms with van der Waals surface area (Å²) in [5, 5.41) is 2.86. The van der Waals surface area contributed by atoms with Gasteiger partial charge in [-0.2, -0.15) is 0 Å². The molecule has 0 atom stereocenters. The molecule has 0 aromatic carbocycles. The molecule has 0 rings (SSSR count). The van der Waals surface area contributed by atoms with Crippen molar-refractivity contribution in [3.05, 3.63) is 0 Å². The summed E-state index contributed by atoms with van der Waals surface area (Å²) in [6.07, 6.45) is 2.59. The van der Waals surface area contributed by atoms with Crippen molar-refractivity contribution in [3.8, 4) is 0 Å². The first-order valence-corrected chi connectivity index (χ1v) is 4.85. The van der Waals surface area contributed by atoms with Crippen LogP contribution in [0, 0.1) is 0 Å². The van der Waals surface area contributed by atoms with Crippen LogP contribution in [0.5, 0.6) is 0 Å². The molecule has 0 radical (unpaired) electrons. The average molecular weight is 187 g/mol. The van der Waals surface area contributed by atoms with E-state index in [0.717, 1.165) is 19.4 Å². The van der Waals surface area contributed by atoms with Crippen LogP contribution in [0.4, 0.5) is 0 Å². The third-order valence-corrected chi connectivity index (χ3v) is 1.58. The Labute approximate surface area is 80.4 Å². The SMILES string of the molecule is CNNCCCCC(=O)NC(C)C. The molecule has 0 saturated heterocycles. The zero-order valence-corrected chi connectivity index (χ0v) is 8.81. The Hall–Kier alpha value is -0.610. The van der Waals surface area contributed by atoms with E-state index in [2.05, 4.69) is 16.2 Å². The Kier molecular flexibility index (Phi) is 7.63. The molecule has 0 bridgehead atoms. The second-order valence-corrected chi connectivity index (χ2v) is 3.36. The van der Waals surface area contributed by atoms with Gasteiger partial charge in [-0.1, -0.05) is 0 Å². The molecule has 78 valence electrons. The molecule has 3 N–H and O–H groups in total. The number of carbonyl (C=O) groups is 1. The topological polar surface area (TPSA) is 53.2 Å². The normalized spacial score (nSPS) is 10.5. The Morgan fingerprint density at radius 3 is 2.54 bits per heavy atom. The largest absolute Gasteiger partial charge is 0.354 e. The van der Waals surface area contributed by atoms with E-state index in [-0.39, 0.29) is 11.9 Å². The number of rotatable bonds is 7. The first-order chi connectivity index (χ1) is 6.16. The molecule has 0 unspecified atom stereocenters. The van der Waals surface area contributed by atoms with Gasteiger partial charge in [0.25, 0.3) is 0 Å². The van der Waals surface area contributed by atoms with Crippen LogP contribution >= 0.6 is 0 Å². The van der Waals surface area contributed by atoms with Crippen molar-refractivity contribution < 1.29 is 4.79 Å². The van der Waals surface area contributed by atoms with E-state index < -0.39 is 0 Å². The second kappa shape index (κ2) is 8.01. The van der Waals surface area contributed by atoms with E-state index >= 15 is 0 Å². The molecule has 4 heteroatoms. The van der Waals surface area contributed by atoms with Crippen LogP contribution in [0.1, 0.15) is 33.1 Å². The number of carbonyl (C=O) groups excluding carboxylic acids is 1. The molecular weight excluding hydrogens is 166 g/mol. The maximum atomic E-state index is 11.1. The highest BCUT2D eigenvalue weighted by Crippen LogP contribution is 1.94. The molecule has 0 fully saturated rings. The van der Waals surface area contributed by atoms with Gasteiger partial charge in [0.2, 0.25) is 5.91 Å². The molecule has 0 aromatic heterocycles. The summed E-state index contributed by atoms with van der Waals surface area (Å²) in [7, 11) is 1.84. The molecule has 0 aliphatic carbocycles. The van der Waals surface area contributed by atoms with Gasteiger partial charge in [-0.25, -0.2) is 0 Å². The Morgan fingerprint density at radius 1 is 1.31 bits per heavy atom. The number of hydrogen-bond acceptors (Lipinski definition) is 3. The fraction of sp³-hybridized carbons (Fsp3) is 0.889. The fourth-order valence-electron chi connectivity index (χ4n) is 1.02. The van der Waals surface area contributed by atoms with Crippen molar-refractivity contribution in [3.63, 3.8) is 0 Å². The fourth-order valence-corrected chi connectivity index (χ4v) is 1.02. The zero-order chi connectivity index (χ0) is 10.1. The quantitative estimate of drug-likeness (QED) is 0.399. The Bertz CT molecular complexity index is 137. The number of unbranched alkanes of at least 4 members (excludes halogenated alkanes) is 1. The van der Waals surface area contributed by atoms with Crippen molar-refractivity contribution in [1.29, 1.82) is 0 Å². The highest BCUT2D eigenvalue weighted by atomic mass is 16.1. The summed E-state index contributed by atoms with van der Waals surface area (Å²) in [6, 6.07) is 0.253. The zero-order valence-electron chi connectivity index (χ0n) is 8.81. The van der Waals surface area contributed by atoms with Gasteiger partial charge in [-0.3, -0.25) is 15.6 Å². The first-order valence-electron chi connectivity index (χ1n) is 4.85. The molecule has 13 heavy (non-hydrogen) atoms. The maximum absolute atomic E-state index is 11.1. The van der Waals surface area contributed by atoms with Crippen LogP contribution in [-0.4, -0.2) is 25.5 Å². The highest BCUT2D eigenvalue weighted by molar-refractivity contribution is 5.76. The third-order valence-electron chi connectivity index (χ3n) is 1.58. The third kappa shape index (κ3) is 9.30. The van der Waals surface area contributed by atoms with Gasteiger partial charge >= 0.3 is 0 Å². The van der Waals surface area contributed by atoms with Gasteiger partial charge in [-0.15, -0.1) is 0 Å². The predicted molar refractivity (Wildman–Crippen MR) is 54.2 cm³/mol. The number of hydrazine groups is 1. The van der Waals surface area contributed by atoms with Gasteiger partial charge in [0.05, 0.1) is 0 Å². The van der Waals surface area contributed by atoms with Crippen LogP contribution in [-0.2, 0) is 4.79 Å². The molecule has 0 aliphatic rings. The van der Waals surface area contributed by atoms with Gasteiger partial charge < -0.3 is 5.32 Å². The lowest BCUT2D eigenvalue weighted by Crippen LogP contribution is -2.30. The van der Waals surface area contributed by atoms with Crippen molar-refractivity contribution in [2.24, 2.45) is 0 Å². The van der Waals surface area contributed by atoms with E-state index in [9.17, 15) is 4.79 Å². The van der Waals surface area contributed by atoms with Gasteiger partial charge in [-0.05, 0) is 33.7 Å². The van der Waals surface area contributed by atoms with Crippen LogP contribution in [0.2, 0.25) is 0 Å². The molecule has 0 heterocycles. The van der Waals surface area contributed by atoms with Crippen LogP contribution < -0.4 is 16.2 Å². The van der Waals surface area contributed by atoms with E-state index in [1.165, 1.54) is 0 Å². The Morgan fingerprint density at radius 2 is 2.00 bits per heavy atom. The van der Waals surface area contributed by atoms with Crippen molar-refractivity contribution in [2.45, 2.75) is 39.2 Å². The lowest BCUT2D eigenvalue weighted by atomic mass is 10.2.